The summed E-state index contributed by atoms with van der Waals surface area (Å²) in [4.78, 5) is 11.9. The lowest BCUT2D eigenvalue weighted by Crippen LogP contribution is -1.97. The monoisotopic (exact) mass is 350 g/mol. The van der Waals surface area contributed by atoms with Crippen molar-refractivity contribution in [1.82, 2.24) is 0 Å². The zero-order chi connectivity index (χ0) is 15.4. The Bertz CT molecular complexity index is 711. The maximum atomic E-state index is 13.5. The predicted molar refractivity (Wildman–Crippen MR) is 82.1 cm³/mol. The summed E-state index contributed by atoms with van der Waals surface area (Å²) in [6.45, 7) is 0. The zero-order valence-corrected chi connectivity index (χ0v) is 12.7. The van der Waals surface area contributed by atoms with Crippen LogP contribution in [0.2, 0.25) is 0 Å². The molecule has 0 unspecified atom stereocenters. The summed E-state index contributed by atoms with van der Waals surface area (Å²) in [6.07, 6.45) is 2.80. The number of carbonyl (C=O) groups excluding carboxylic acids is 1. The van der Waals surface area contributed by atoms with Gasteiger partial charge in [0.1, 0.15) is 5.82 Å². The second-order valence-corrected chi connectivity index (χ2v) is 5.09. The normalized spacial score (nSPS) is 10.8. The van der Waals surface area contributed by atoms with Crippen LogP contribution >= 0.6 is 15.9 Å². The van der Waals surface area contributed by atoms with Gasteiger partial charge in [0.2, 0.25) is 0 Å². The summed E-state index contributed by atoms with van der Waals surface area (Å²) < 4.78 is 18.9. The van der Waals surface area contributed by atoms with Crippen molar-refractivity contribution >= 4 is 27.8 Å². The Morgan fingerprint density at radius 3 is 2.71 bits per heavy atom. The van der Waals surface area contributed by atoms with Crippen LogP contribution in [0.25, 0.3) is 6.08 Å². The third-order valence-corrected chi connectivity index (χ3v) is 3.44. The Balaban J connectivity index is 2.28. The van der Waals surface area contributed by atoms with E-state index in [1.165, 1.54) is 37.5 Å². The summed E-state index contributed by atoms with van der Waals surface area (Å²) in [5.41, 5.74) is 0.653. The van der Waals surface area contributed by atoms with Gasteiger partial charge in [-0.15, -0.1) is 0 Å². The number of hydrogen-bond acceptors (Lipinski definition) is 3. The van der Waals surface area contributed by atoms with E-state index in [-0.39, 0.29) is 17.1 Å². The number of carbonyl (C=O) groups is 1. The van der Waals surface area contributed by atoms with Crippen molar-refractivity contribution in [1.29, 1.82) is 0 Å². The average molecular weight is 351 g/mol. The van der Waals surface area contributed by atoms with Crippen molar-refractivity contribution in [2.24, 2.45) is 0 Å². The first kappa shape index (κ1) is 15.3. The lowest BCUT2D eigenvalue weighted by atomic mass is 10.1. The van der Waals surface area contributed by atoms with Crippen molar-refractivity contribution in [3.05, 3.63) is 63.9 Å². The molecule has 0 aliphatic carbocycles. The van der Waals surface area contributed by atoms with E-state index >= 15 is 0 Å². The highest BCUT2D eigenvalue weighted by Gasteiger charge is 2.09. The van der Waals surface area contributed by atoms with Gasteiger partial charge >= 0.3 is 0 Å². The van der Waals surface area contributed by atoms with Gasteiger partial charge in [0, 0.05) is 0 Å². The topological polar surface area (TPSA) is 46.5 Å². The van der Waals surface area contributed by atoms with Gasteiger partial charge < -0.3 is 9.84 Å². The smallest absolute Gasteiger partial charge is 0.188 e. The first-order valence-electron chi connectivity index (χ1n) is 6.06. The SMILES string of the molecule is COc1cc(/C=C/C(=O)c2ccccc2F)cc(Br)c1O. The van der Waals surface area contributed by atoms with Gasteiger partial charge in [0.15, 0.2) is 17.3 Å². The maximum absolute atomic E-state index is 13.5. The third kappa shape index (κ3) is 3.49. The third-order valence-electron chi connectivity index (χ3n) is 2.84. The number of ketones is 1. The van der Waals surface area contributed by atoms with Crippen LogP contribution < -0.4 is 4.74 Å². The molecular formula is C16H12BrFO3. The van der Waals surface area contributed by atoms with Crippen LogP contribution in [0, 0.1) is 5.82 Å². The minimum atomic E-state index is -0.559. The number of ether oxygens (including phenoxy) is 1. The van der Waals surface area contributed by atoms with Gasteiger partial charge in [-0.1, -0.05) is 18.2 Å². The minimum Gasteiger partial charge on any atom is -0.503 e. The van der Waals surface area contributed by atoms with E-state index in [1.807, 2.05) is 0 Å². The molecule has 2 aromatic carbocycles. The molecule has 0 spiro atoms. The number of phenolic OH excluding ortho intramolecular Hbond substituents is 1. The van der Waals surface area contributed by atoms with E-state index in [0.717, 1.165) is 0 Å². The van der Waals surface area contributed by atoms with E-state index in [0.29, 0.717) is 10.0 Å². The number of halogens is 2. The maximum Gasteiger partial charge on any atom is 0.188 e. The second kappa shape index (κ2) is 6.54. The standard InChI is InChI=1S/C16H12BrFO3/c1-21-15-9-10(8-12(17)16(15)20)6-7-14(19)11-4-2-3-5-13(11)18/h2-9,20H,1H3/b7-6+. The van der Waals surface area contributed by atoms with Crippen LogP contribution in [0.3, 0.4) is 0 Å². The molecule has 5 heteroatoms. The molecule has 0 fully saturated rings. The predicted octanol–water partition coefficient (Wildman–Crippen LogP) is 4.20. The van der Waals surface area contributed by atoms with Crippen molar-refractivity contribution < 1.29 is 19.0 Å². The quantitative estimate of drug-likeness (QED) is 0.663. The highest BCUT2D eigenvalue weighted by atomic mass is 79.9. The van der Waals surface area contributed by atoms with Gasteiger partial charge in [-0.05, 0) is 51.8 Å². The van der Waals surface area contributed by atoms with E-state index in [4.69, 9.17) is 4.74 Å². The molecule has 0 heterocycles. The molecule has 0 amide bonds. The number of aromatic hydroxyl groups is 1. The fourth-order valence-electron chi connectivity index (χ4n) is 1.77. The molecule has 3 nitrogen and oxygen atoms in total. The minimum absolute atomic E-state index is 0.0126. The van der Waals surface area contributed by atoms with Gasteiger partial charge in [0.05, 0.1) is 17.1 Å². The van der Waals surface area contributed by atoms with Crippen LogP contribution in [0.15, 0.2) is 46.9 Å². The second-order valence-electron chi connectivity index (χ2n) is 4.23. The van der Waals surface area contributed by atoms with Crippen LogP contribution in [-0.4, -0.2) is 18.0 Å². The van der Waals surface area contributed by atoms with Crippen molar-refractivity contribution in [2.45, 2.75) is 0 Å². The van der Waals surface area contributed by atoms with E-state index in [2.05, 4.69) is 15.9 Å². The van der Waals surface area contributed by atoms with Crippen molar-refractivity contribution in [2.75, 3.05) is 7.11 Å². The van der Waals surface area contributed by atoms with E-state index in [9.17, 15) is 14.3 Å². The van der Waals surface area contributed by atoms with Crippen molar-refractivity contribution in [3.63, 3.8) is 0 Å². The highest BCUT2D eigenvalue weighted by Crippen LogP contribution is 2.35. The van der Waals surface area contributed by atoms with E-state index < -0.39 is 11.6 Å². The summed E-state index contributed by atoms with van der Waals surface area (Å²) in [6, 6.07) is 8.99. The van der Waals surface area contributed by atoms with Crippen LogP contribution in [-0.2, 0) is 0 Å². The molecule has 0 aromatic heterocycles. The molecule has 0 bridgehead atoms. The summed E-state index contributed by atoms with van der Waals surface area (Å²) in [5.74, 6) is -0.731. The molecular weight excluding hydrogens is 339 g/mol. The zero-order valence-electron chi connectivity index (χ0n) is 11.1. The summed E-state index contributed by atoms with van der Waals surface area (Å²) >= 11 is 3.19. The number of hydrogen-bond donors (Lipinski definition) is 1. The van der Waals surface area contributed by atoms with E-state index in [1.54, 1.807) is 18.2 Å². The lowest BCUT2D eigenvalue weighted by Gasteiger charge is -2.06. The van der Waals surface area contributed by atoms with Crippen LogP contribution in [0.4, 0.5) is 4.39 Å². The Morgan fingerprint density at radius 1 is 1.33 bits per heavy atom. The molecule has 21 heavy (non-hydrogen) atoms. The van der Waals surface area contributed by atoms with Gasteiger partial charge in [0.25, 0.3) is 0 Å². The largest absolute Gasteiger partial charge is 0.503 e. The fraction of sp³-hybridized carbons (Fsp3) is 0.0625. The molecule has 2 rings (SSSR count). The first-order chi connectivity index (χ1) is 10.0. The highest BCUT2D eigenvalue weighted by molar-refractivity contribution is 9.10. The molecule has 0 atom stereocenters. The molecule has 0 aliphatic rings. The van der Waals surface area contributed by atoms with Crippen LogP contribution in [0.1, 0.15) is 15.9 Å². The lowest BCUT2D eigenvalue weighted by molar-refractivity contribution is 0.104. The molecule has 1 N–H and O–H groups in total. The molecule has 0 saturated carbocycles. The van der Waals surface area contributed by atoms with Gasteiger partial charge in [-0.3, -0.25) is 4.79 Å². The number of allylic oxidation sites excluding steroid dienone is 1. The first-order valence-corrected chi connectivity index (χ1v) is 6.85. The van der Waals surface area contributed by atoms with Gasteiger partial charge in [-0.2, -0.15) is 0 Å². The number of benzene rings is 2. The Labute approximate surface area is 129 Å². The molecule has 108 valence electrons. The summed E-state index contributed by atoms with van der Waals surface area (Å²) in [7, 11) is 1.43. The average Bonchev–Trinajstić information content (AvgIpc) is 2.48. The van der Waals surface area contributed by atoms with Crippen molar-refractivity contribution in [3.8, 4) is 11.5 Å². The molecule has 0 saturated heterocycles. The molecule has 2 aromatic rings. The summed E-state index contributed by atoms with van der Waals surface area (Å²) in [5, 5.41) is 9.70. The molecule has 0 aliphatic heterocycles. The Morgan fingerprint density at radius 2 is 2.05 bits per heavy atom. The fourth-order valence-corrected chi connectivity index (χ4v) is 2.23. The molecule has 0 radical (unpaired) electrons. The number of methoxy groups -OCH3 is 1. The number of rotatable bonds is 4. The Kier molecular flexibility index (Phi) is 4.75. The Hall–Kier alpha value is -2.14. The van der Waals surface area contributed by atoms with Gasteiger partial charge in [-0.25, -0.2) is 4.39 Å². The van der Waals surface area contributed by atoms with Crippen LogP contribution in [0.5, 0.6) is 11.5 Å². The number of phenols is 1.